The van der Waals surface area contributed by atoms with Crippen LogP contribution in [-0.4, -0.2) is 11.2 Å². The zero-order valence-corrected chi connectivity index (χ0v) is 14.4. The Balaban J connectivity index is 1.76. The average molecular weight is 383 g/mol. The van der Waals surface area contributed by atoms with Crippen LogP contribution in [0.2, 0.25) is 0 Å². The number of anilines is 1. The minimum atomic E-state index is -0.239. The Hall–Kier alpha value is -1.11. The first-order valence-electron chi connectivity index (χ1n) is 6.28. The fourth-order valence-electron chi connectivity index (χ4n) is 1.95. The van der Waals surface area contributed by atoms with Crippen molar-refractivity contribution in [3.8, 4) is 0 Å². The molecule has 0 radical (unpaired) electrons. The largest absolute Gasteiger partial charge is 0.381 e. The van der Waals surface area contributed by atoms with Gasteiger partial charge in [0.15, 0.2) is 4.34 Å². The molecule has 0 aliphatic rings. The van der Waals surface area contributed by atoms with Gasteiger partial charge in [0, 0.05) is 12.2 Å². The monoisotopic (exact) mass is 382 g/mol. The predicted molar refractivity (Wildman–Crippen MR) is 92.8 cm³/mol. The predicted octanol–water partition coefficient (Wildman–Crippen LogP) is 5.53. The first-order chi connectivity index (χ1) is 10.2. The fourth-order valence-corrected chi connectivity index (χ4v) is 3.73. The third-order valence-electron chi connectivity index (χ3n) is 3.02. The molecule has 0 spiro atoms. The molecule has 1 aromatic heterocycles. The quantitative estimate of drug-likeness (QED) is 0.600. The Labute approximate surface area is 138 Å². The van der Waals surface area contributed by atoms with Gasteiger partial charge in [0.05, 0.1) is 14.7 Å². The van der Waals surface area contributed by atoms with Crippen LogP contribution in [0, 0.1) is 5.82 Å². The number of hydrogen-bond acceptors (Lipinski definition) is 4. The maximum Gasteiger partial charge on any atom is 0.150 e. The van der Waals surface area contributed by atoms with E-state index in [2.05, 4.69) is 32.3 Å². The molecule has 0 atom stereocenters. The molecule has 2 aromatic carbocycles. The number of thioether (sulfide) groups is 1. The number of fused-ring (bicyclic) bond motifs is 1. The van der Waals surface area contributed by atoms with Crippen LogP contribution in [0.4, 0.5) is 10.1 Å². The van der Waals surface area contributed by atoms with Crippen molar-refractivity contribution in [1.82, 2.24) is 4.98 Å². The summed E-state index contributed by atoms with van der Waals surface area (Å²) in [5.41, 5.74) is 2.94. The summed E-state index contributed by atoms with van der Waals surface area (Å²) >= 11 is 6.50. The van der Waals surface area contributed by atoms with E-state index in [-0.39, 0.29) is 5.82 Å². The zero-order chi connectivity index (χ0) is 14.8. The summed E-state index contributed by atoms with van der Waals surface area (Å²) in [5.74, 6) is -0.239. The molecule has 6 heteroatoms. The number of nitrogens with zero attached hydrogens (tertiary/aromatic N) is 1. The summed E-state index contributed by atoms with van der Waals surface area (Å²) in [5, 5.41) is 3.32. The van der Waals surface area contributed by atoms with Crippen molar-refractivity contribution in [3.63, 3.8) is 0 Å². The lowest BCUT2D eigenvalue weighted by atomic mass is 10.2. The van der Waals surface area contributed by atoms with Crippen molar-refractivity contribution in [2.75, 3.05) is 11.6 Å². The van der Waals surface area contributed by atoms with Crippen molar-refractivity contribution < 1.29 is 4.39 Å². The van der Waals surface area contributed by atoms with Gasteiger partial charge < -0.3 is 5.32 Å². The normalized spacial score (nSPS) is 11.0. The highest BCUT2D eigenvalue weighted by molar-refractivity contribution is 9.10. The Kier molecular flexibility index (Phi) is 4.47. The lowest BCUT2D eigenvalue weighted by molar-refractivity contribution is 0.619. The van der Waals surface area contributed by atoms with Gasteiger partial charge in [0.1, 0.15) is 5.82 Å². The van der Waals surface area contributed by atoms with Gasteiger partial charge in [-0.15, -0.1) is 11.3 Å². The summed E-state index contributed by atoms with van der Waals surface area (Å²) in [6.07, 6.45) is 2.03. The van der Waals surface area contributed by atoms with Gasteiger partial charge >= 0.3 is 0 Å². The van der Waals surface area contributed by atoms with Crippen molar-refractivity contribution >= 4 is 54.9 Å². The molecular weight excluding hydrogens is 371 g/mol. The standard InChI is InChI=1S/C15H12BrFN2S2/c1-20-15-19-13-5-3-10(7-14(13)21-15)18-8-9-2-4-11(16)12(17)6-9/h2-7,18H,8H2,1H3. The molecule has 0 aliphatic heterocycles. The van der Waals surface area contributed by atoms with Crippen molar-refractivity contribution in [2.24, 2.45) is 0 Å². The fraction of sp³-hybridized carbons (Fsp3) is 0.133. The van der Waals surface area contributed by atoms with Crippen LogP contribution in [0.25, 0.3) is 10.2 Å². The number of rotatable bonds is 4. The number of benzene rings is 2. The maximum absolute atomic E-state index is 13.5. The Bertz CT molecular complexity index is 788. The Morgan fingerprint density at radius 3 is 2.90 bits per heavy atom. The zero-order valence-electron chi connectivity index (χ0n) is 11.2. The van der Waals surface area contributed by atoms with E-state index in [1.165, 1.54) is 6.07 Å². The van der Waals surface area contributed by atoms with Crippen molar-refractivity contribution in [1.29, 1.82) is 0 Å². The first-order valence-corrected chi connectivity index (χ1v) is 9.11. The summed E-state index contributed by atoms with van der Waals surface area (Å²) in [6, 6.07) is 11.3. The molecule has 1 N–H and O–H groups in total. The van der Waals surface area contributed by atoms with Crippen molar-refractivity contribution in [3.05, 3.63) is 52.3 Å². The molecule has 0 saturated heterocycles. The second kappa shape index (κ2) is 6.34. The SMILES string of the molecule is CSc1nc2ccc(NCc3ccc(Br)c(F)c3)cc2s1. The minimum Gasteiger partial charge on any atom is -0.381 e. The van der Waals surface area contributed by atoms with Crippen LogP contribution in [0.15, 0.2) is 45.2 Å². The second-order valence-corrected chi connectivity index (χ2v) is 7.41. The van der Waals surface area contributed by atoms with E-state index < -0.39 is 0 Å². The van der Waals surface area contributed by atoms with Gasteiger partial charge in [-0.2, -0.15) is 0 Å². The van der Waals surface area contributed by atoms with Crippen LogP contribution in [0.5, 0.6) is 0 Å². The maximum atomic E-state index is 13.5. The van der Waals surface area contributed by atoms with Gasteiger partial charge in [0.2, 0.25) is 0 Å². The third-order valence-corrected chi connectivity index (χ3v) is 5.67. The molecule has 108 valence electrons. The summed E-state index contributed by atoms with van der Waals surface area (Å²) in [7, 11) is 0. The van der Waals surface area contributed by atoms with Crippen LogP contribution in [0.1, 0.15) is 5.56 Å². The number of thiazole rings is 1. The van der Waals surface area contributed by atoms with Gasteiger partial charge in [-0.05, 0) is 58.1 Å². The Morgan fingerprint density at radius 1 is 1.29 bits per heavy atom. The smallest absolute Gasteiger partial charge is 0.150 e. The van der Waals surface area contributed by atoms with E-state index in [0.717, 1.165) is 25.8 Å². The summed E-state index contributed by atoms with van der Waals surface area (Å²) in [6.45, 7) is 0.587. The van der Waals surface area contributed by atoms with Gasteiger partial charge in [-0.25, -0.2) is 9.37 Å². The molecule has 0 fully saturated rings. The molecule has 0 unspecified atom stereocenters. The molecule has 0 amide bonds. The topological polar surface area (TPSA) is 24.9 Å². The molecular formula is C15H12BrFN2S2. The lowest BCUT2D eigenvalue weighted by Gasteiger charge is -2.07. The van der Waals surface area contributed by atoms with Crippen LogP contribution < -0.4 is 5.32 Å². The van der Waals surface area contributed by atoms with Crippen molar-refractivity contribution in [2.45, 2.75) is 10.9 Å². The van der Waals surface area contributed by atoms with Gasteiger partial charge in [-0.1, -0.05) is 17.8 Å². The van der Waals surface area contributed by atoms with E-state index in [1.54, 1.807) is 29.2 Å². The molecule has 0 aliphatic carbocycles. The minimum absolute atomic E-state index is 0.239. The Morgan fingerprint density at radius 2 is 2.14 bits per heavy atom. The highest BCUT2D eigenvalue weighted by Crippen LogP contribution is 2.30. The van der Waals surface area contributed by atoms with E-state index in [0.29, 0.717) is 11.0 Å². The molecule has 1 heterocycles. The highest BCUT2D eigenvalue weighted by atomic mass is 79.9. The first kappa shape index (κ1) is 14.8. The van der Waals surface area contributed by atoms with Gasteiger partial charge in [0.25, 0.3) is 0 Å². The molecule has 0 saturated carbocycles. The highest BCUT2D eigenvalue weighted by Gasteiger charge is 2.04. The van der Waals surface area contributed by atoms with E-state index in [1.807, 2.05) is 24.5 Å². The van der Waals surface area contributed by atoms with Crippen LogP contribution >= 0.6 is 39.0 Å². The van der Waals surface area contributed by atoms with E-state index in [9.17, 15) is 4.39 Å². The molecule has 0 bridgehead atoms. The molecule has 3 aromatic rings. The molecule has 3 rings (SSSR count). The average Bonchev–Trinajstić information content (AvgIpc) is 2.90. The second-order valence-electron chi connectivity index (χ2n) is 4.47. The van der Waals surface area contributed by atoms with E-state index >= 15 is 0 Å². The van der Waals surface area contributed by atoms with Crippen LogP contribution in [0.3, 0.4) is 0 Å². The lowest BCUT2D eigenvalue weighted by Crippen LogP contribution is -1.99. The third kappa shape index (κ3) is 3.39. The number of halogens is 2. The number of aromatic nitrogens is 1. The summed E-state index contributed by atoms with van der Waals surface area (Å²) in [4.78, 5) is 4.51. The molecule has 2 nitrogen and oxygen atoms in total. The number of nitrogens with one attached hydrogen (secondary N) is 1. The van der Waals surface area contributed by atoms with Crippen LogP contribution in [-0.2, 0) is 6.54 Å². The van der Waals surface area contributed by atoms with Gasteiger partial charge in [-0.3, -0.25) is 0 Å². The number of hydrogen-bond donors (Lipinski definition) is 1. The molecule has 21 heavy (non-hydrogen) atoms. The summed E-state index contributed by atoms with van der Waals surface area (Å²) < 4.78 is 16.2. The van der Waals surface area contributed by atoms with E-state index in [4.69, 9.17) is 0 Å².